The quantitative estimate of drug-likeness (QED) is 0.810. The zero-order valence-electron chi connectivity index (χ0n) is 9.50. The molecule has 0 amide bonds. The van der Waals surface area contributed by atoms with Crippen molar-refractivity contribution >= 4 is 5.97 Å². The Morgan fingerprint density at radius 2 is 2.29 bits per heavy atom. The summed E-state index contributed by atoms with van der Waals surface area (Å²) in [5.41, 5.74) is 1.01. The fraction of sp³-hybridized carbons (Fsp3) is 0.333. The monoisotopic (exact) mass is 236 g/mol. The molecule has 1 rings (SSSR count). The Kier molecular flexibility index (Phi) is 4.61. The first-order valence-corrected chi connectivity index (χ1v) is 5.23. The van der Waals surface area contributed by atoms with Crippen molar-refractivity contribution in [2.24, 2.45) is 5.90 Å². The molecule has 0 bridgehead atoms. The molecule has 0 aliphatic heterocycles. The van der Waals surface area contributed by atoms with Crippen LogP contribution >= 0.6 is 0 Å². The highest BCUT2D eigenvalue weighted by Crippen LogP contribution is 2.19. The summed E-state index contributed by atoms with van der Waals surface area (Å²) in [5.74, 6) is 3.42. The van der Waals surface area contributed by atoms with Gasteiger partial charge in [-0.25, -0.2) is 9.18 Å². The number of nitriles is 1. The number of hydrogen-bond donors (Lipinski definition) is 1. The number of carbonyl (C=O) groups is 1. The van der Waals surface area contributed by atoms with Crippen LogP contribution in [0.4, 0.5) is 4.39 Å². The summed E-state index contributed by atoms with van der Waals surface area (Å²) in [6, 6.07) is 4.48. The second-order valence-corrected chi connectivity index (χ2v) is 3.59. The molecular formula is C12H13FN2O2. The highest BCUT2D eigenvalue weighted by atomic mass is 19.1. The Labute approximate surface area is 98.7 Å². The van der Waals surface area contributed by atoms with Gasteiger partial charge >= 0.3 is 5.97 Å². The van der Waals surface area contributed by atoms with E-state index in [9.17, 15) is 9.18 Å². The molecule has 0 saturated heterocycles. The van der Waals surface area contributed by atoms with Gasteiger partial charge in [0.15, 0.2) is 0 Å². The van der Waals surface area contributed by atoms with Crippen LogP contribution in [0.1, 0.15) is 34.8 Å². The summed E-state index contributed by atoms with van der Waals surface area (Å²) in [6.07, 6.45) is 1.34. The summed E-state index contributed by atoms with van der Waals surface area (Å²) >= 11 is 0. The van der Waals surface area contributed by atoms with Gasteiger partial charge in [-0.05, 0) is 29.7 Å². The smallest absolute Gasteiger partial charge is 0.356 e. The number of nitrogens with two attached hydrogens (primary N) is 1. The third kappa shape index (κ3) is 3.02. The van der Waals surface area contributed by atoms with Crippen molar-refractivity contribution in [3.8, 4) is 6.07 Å². The predicted molar refractivity (Wildman–Crippen MR) is 59.3 cm³/mol. The molecule has 0 spiro atoms. The van der Waals surface area contributed by atoms with Gasteiger partial charge in [-0.2, -0.15) is 11.2 Å². The van der Waals surface area contributed by atoms with Crippen LogP contribution in [0.25, 0.3) is 0 Å². The van der Waals surface area contributed by atoms with E-state index in [0.717, 1.165) is 12.5 Å². The van der Waals surface area contributed by atoms with Gasteiger partial charge in [-0.1, -0.05) is 13.3 Å². The third-order valence-electron chi connectivity index (χ3n) is 2.40. The Bertz CT molecular complexity index is 466. The van der Waals surface area contributed by atoms with Crippen LogP contribution in [0.15, 0.2) is 12.1 Å². The molecule has 0 aliphatic carbocycles. The van der Waals surface area contributed by atoms with Crippen LogP contribution < -0.4 is 5.90 Å². The zero-order valence-corrected chi connectivity index (χ0v) is 9.50. The van der Waals surface area contributed by atoms with E-state index >= 15 is 0 Å². The fourth-order valence-electron chi connectivity index (χ4n) is 1.65. The second kappa shape index (κ2) is 5.97. The van der Waals surface area contributed by atoms with E-state index in [-0.39, 0.29) is 12.0 Å². The molecule has 0 aromatic heterocycles. The van der Waals surface area contributed by atoms with Crippen LogP contribution in [0.5, 0.6) is 0 Å². The lowest BCUT2D eigenvalue weighted by Crippen LogP contribution is -2.12. The topological polar surface area (TPSA) is 76.1 Å². The van der Waals surface area contributed by atoms with Crippen molar-refractivity contribution in [2.75, 3.05) is 0 Å². The maximum absolute atomic E-state index is 13.8. The highest BCUT2D eigenvalue weighted by Gasteiger charge is 2.14. The standard InChI is InChI=1S/C12H13FN2O2/c1-2-3-10-8(4-5-14)6-9(7-11(10)13)12(16)17-15/h6-7H,2-4,15H2,1H3. The van der Waals surface area contributed by atoms with E-state index in [4.69, 9.17) is 11.2 Å². The summed E-state index contributed by atoms with van der Waals surface area (Å²) in [6.45, 7) is 1.91. The van der Waals surface area contributed by atoms with Crippen molar-refractivity contribution < 1.29 is 14.0 Å². The van der Waals surface area contributed by atoms with E-state index in [0.29, 0.717) is 17.5 Å². The highest BCUT2D eigenvalue weighted by molar-refractivity contribution is 5.89. The molecule has 0 unspecified atom stereocenters. The molecule has 17 heavy (non-hydrogen) atoms. The number of halogens is 1. The fourth-order valence-corrected chi connectivity index (χ4v) is 1.65. The molecule has 1 aromatic carbocycles. The van der Waals surface area contributed by atoms with Crippen molar-refractivity contribution in [2.45, 2.75) is 26.2 Å². The Morgan fingerprint density at radius 1 is 1.59 bits per heavy atom. The molecule has 0 radical (unpaired) electrons. The molecular weight excluding hydrogens is 223 g/mol. The number of carbonyl (C=O) groups excluding carboxylic acids is 1. The lowest BCUT2D eigenvalue weighted by Gasteiger charge is -2.09. The molecule has 0 saturated carbocycles. The lowest BCUT2D eigenvalue weighted by molar-refractivity contribution is 0.0502. The average molecular weight is 236 g/mol. The SMILES string of the molecule is CCCc1c(F)cc(C(=O)ON)cc1CC#N. The number of benzene rings is 1. The minimum Gasteiger partial charge on any atom is -0.370 e. The molecule has 4 nitrogen and oxygen atoms in total. The van der Waals surface area contributed by atoms with Gasteiger partial charge < -0.3 is 4.84 Å². The van der Waals surface area contributed by atoms with E-state index < -0.39 is 11.8 Å². The van der Waals surface area contributed by atoms with Gasteiger partial charge in [0.1, 0.15) is 5.82 Å². The third-order valence-corrected chi connectivity index (χ3v) is 2.40. The predicted octanol–water partition coefficient (Wildman–Crippen LogP) is 1.87. The van der Waals surface area contributed by atoms with Crippen LogP contribution in [0.3, 0.4) is 0 Å². The number of hydrogen-bond acceptors (Lipinski definition) is 4. The van der Waals surface area contributed by atoms with Crippen molar-refractivity contribution in [1.82, 2.24) is 0 Å². The second-order valence-electron chi connectivity index (χ2n) is 3.59. The van der Waals surface area contributed by atoms with Gasteiger partial charge in [0, 0.05) is 0 Å². The van der Waals surface area contributed by atoms with Crippen LogP contribution in [0.2, 0.25) is 0 Å². The van der Waals surface area contributed by atoms with Gasteiger partial charge in [-0.3, -0.25) is 0 Å². The minimum atomic E-state index is -0.814. The molecule has 5 heteroatoms. The molecule has 2 N–H and O–H groups in total. The number of nitrogens with zero attached hydrogens (tertiary/aromatic N) is 1. The Hall–Kier alpha value is -1.93. The summed E-state index contributed by atoms with van der Waals surface area (Å²) < 4.78 is 13.8. The number of rotatable bonds is 4. The lowest BCUT2D eigenvalue weighted by atomic mass is 9.97. The molecule has 0 atom stereocenters. The van der Waals surface area contributed by atoms with E-state index in [2.05, 4.69) is 4.84 Å². The van der Waals surface area contributed by atoms with Crippen LogP contribution in [0, 0.1) is 17.1 Å². The van der Waals surface area contributed by atoms with Crippen LogP contribution in [-0.4, -0.2) is 5.97 Å². The maximum Gasteiger partial charge on any atom is 0.356 e. The Balaban J connectivity index is 3.25. The van der Waals surface area contributed by atoms with E-state index in [1.165, 1.54) is 6.07 Å². The molecule has 0 aliphatic rings. The first-order valence-electron chi connectivity index (χ1n) is 5.23. The van der Waals surface area contributed by atoms with E-state index in [1.54, 1.807) is 0 Å². The van der Waals surface area contributed by atoms with E-state index in [1.807, 2.05) is 13.0 Å². The van der Waals surface area contributed by atoms with Crippen molar-refractivity contribution in [3.63, 3.8) is 0 Å². The maximum atomic E-state index is 13.8. The zero-order chi connectivity index (χ0) is 12.8. The van der Waals surface area contributed by atoms with Gasteiger partial charge in [-0.15, -0.1) is 0 Å². The summed E-state index contributed by atoms with van der Waals surface area (Å²) in [4.78, 5) is 15.2. The molecule has 0 fully saturated rings. The summed E-state index contributed by atoms with van der Waals surface area (Å²) in [7, 11) is 0. The van der Waals surface area contributed by atoms with Gasteiger partial charge in [0.25, 0.3) is 0 Å². The summed E-state index contributed by atoms with van der Waals surface area (Å²) in [5, 5.41) is 8.68. The largest absolute Gasteiger partial charge is 0.370 e. The van der Waals surface area contributed by atoms with Gasteiger partial charge in [0.2, 0.25) is 0 Å². The normalized spacial score (nSPS) is 9.76. The Morgan fingerprint density at radius 3 is 2.82 bits per heavy atom. The average Bonchev–Trinajstić information content (AvgIpc) is 2.32. The van der Waals surface area contributed by atoms with Crippen LogP contribution in [-0.2, 0) is 17.7 Å². The molecule has 0 heterocycles. The minimum absolute atomic E-state index is 0.0232. The molecule has 90 valence electrons. The van der Waals surface area contributed by atoms with Crippen molar-refractivity contribution in [1.29, 1.82) is 5.26 Å². The first kappa shape index (κ1) is 13.1. The first-order chi connectivity index (χ1) is 8.13. The van der Waals surface area contributed by atoms with Gasteiger partial charge in [0.05, 0.1) is 18.1 Å². The molecule has 1 aromatic rings. The van der Waals surface area contributed by atoms with Crippen molar-refractivity contribution in [3.05, 3.63) is 34.6 Å².